The van der Waals surface area contributed by atoms with Crippen LogP contribution in [0.25, 0.3) is 0 Å². The Labute approximate surface area is 66.8 Å². The van der Waals surface area contributed by atoms with Gasteiger partial charge in [-0.15, -0.1) is 3.89 Å². The maximum atomic E-state index is 12.0. The van der Waals surface area contributed by atoms with Crippen LogP contribution in [0, 0.1) is 0 Å². The van der Waals surface area contributed by atoms with Crippen molar-refractivity contribution < 1.29 is 17.0 Å². The van der Waals surface area contributed by atoms with E-state index in [4.69, 9.17) is 4.74 Å². The van der Waals surface area contributed by atoms with E-state index < -0.39 is 21.6 Å². The Bertz CT molecular complexity index is 208. The monoisotopic (exact) mass is 184 g/mol. The smallest absolute Gasteiger partial charge is 0.302 e. The quantitative estimate of drug-likeness (QED) is 0.614. The minimum Gasteiger partial charge on any atom is -0.379 e. The average molecular weight is 184 g/mol. The molecule has 0 rings (SSSR count). The molecule has 0 saturated heterocycles. The van der Waals surface area contributed by atoms with Crippen molar-refractivity contribution in [2.75, 3.05) is 12.9 Å². The lowest BCUT2D eigenvalue weighted by molar-refractivity contribution is 0.0201. The highest BCUT2D eigenvalue weighted by molar-refractivity contribution is 7.86. The van der Waals surface area contributed by atoms with Crippen molar-refractivity contribution in [2.45, 2.75) is 25.9 Å². The summed E-state index contributed by atoms with van der Waals surface area (Å²) < 4.78 is 37.0. The van der Waals surface area contributed by atoms with Crippen LogP contribution in [-0.4, -0.2) is 26.9 Å². The van der Waals surface area contributed by atoms with Crippen LogP contribution in [0.4, 0.5) is 3.89 Å². The van der Waals surface area contributed by atoms with Crippen LogP contribution in [0.2, 0.25) is 0 Å². The van der Waals surface area contributed by atoms with Gasteiger partial charge in [0.1, 0.15) is 0 Å². The van der Waals surface area contributed by atoms with E-state index in [0.29, 0.717) is 0 Å². The molecule has 0 amide bonds. The van der Waals surface area contributed by atoms with E-state index in [1.165, 1.54) is 7.11 Å². The van der Waals surface area contributed by atoms with E-state index in [1.807, 2.05) is 0 Å². The molecule has 0 saturated carbocycles. The zero-order valence-electron chi connectivity index (χ0n) is 6.93. The van der Waals surface area contributed by atoms with Gasteiger partial charge in [-0.3, -0.25) is 0 Å². The molecule has 0 spiro atoms. The molecule has 0 N–H and O–H groups in total. The van der Waals surface area contributed by atoms with Crippen molar-refractivity contribution in [3.05, 3.63) is 0 Å². The van der Waals surface area contributed by atoms with Gasteiger partial charge in [0.25, 0.3) is 0 Å². The van der Waals surface area contributed by atoms with Gasteiger partial charge in [0.05, 0.1) is 11.4 Å². The first-order valence-corrected chi connectivity index (χ1v) is 4.79. The molecule has 0 aliphatic heterocycles. The third kappa shape index (κ3) is 6.25. The van der Waals surface area contributed by atoms with Crippen molar-refractivity contribution in [3.8, 4) is 0 Å². The Kier molecular flexibility index (Phi) is 3.44. The molecule has 0 aliphatic rings. The summed E-state index contributed by atoms with van der Waals surface area (Å²) in [6.45, 7) is 3.41. The second-order valence-electron chi connectivity index (χ2n) is 2.96. The fourth-order valence-corrected chi connectivity index (χ4v) is 1.21. The molecular formula is C6H13FO3S. The normalized spacial score (nSPS) is 13.5. The lowest BCUT2D eigenvalue weighted by Crippen LogP contribution is -2.25. The number of hydrogen-bond donors (Lipinski definition) is 0. The SMILES string of the molecule is COC(C)(C)CCS(=O)(=O)F. The topological polar surface area (TPSA) is 43.4 Å². The Balaban J connectivity index is 3.90. The van der Waals surface area contributed by atoms with E-state index in [-0.39, 0.29) is 6.42 Å². The van der Waals surface area contributed by atoms with Crippen LogP contribution in [-0.2, 0) is 15.0 Å². The molecule has 0 aromatic heterocycles. The molecular weight excluding hydrogens is 171 g/mol. The molecule has 0 aliphatic carbocycles. The Morgan fingerprint density at radius 3 is 2.18 bits per heavy atom. The van der Waals surface area contributed by atoms with Gasteiger partial charge >= 0.3 is 10.2 Å². The van der Waals surface area contributed by atoms with Crippen LogP contribution < -0.4 is 0 Å². The summed E-state index contributed by atoms with van der Waals surface area (Å²) in [4.78, 5) is 0. The van der Waals surface area contributed by atoms with Crippen molar-refractivity contribution in [2.24, 2.45) is 0 Å². The van der Waals surface area contributed by atoms with E-state index >= 15 is 0 Å². The van der Waals surface area contributed by atoms with E-state index in [9.17, 15) is 12.3 Å². The molecule has 0 heterocycles. The summed E-state index contributed by atoms with van der Waals surface area (Å²) in [5, 5.41) is 0. The second kappa shape index (κ2) is 3.49. The van der Waals surface area contributed by atoms with Gasteiger partial charge in [-0.2, -0.15) is 8.42 Å². The molecule has 68 valence electrons. The summed E-state index contributed by atoms with van der Waals surface area (Å²) in [6, 6.07) is 0. The number of rotatable bonds is 4. The third-order valence-electron chi connectivity index (χ3n) is 1.50. The zero-order valence-corrected chi connectivity index (χ0v) is 7.74. The van der Waals surface area contributed by atoms with Crippen molar-refractivity contribution in [1.82, 2.24) is 0 Å². The summed E-state index contributed by atoms with van der Waals surface area (Å²) in [5.41, 5.74) is -0.570. The highest BCUT2D eigenvalue weighted by Gasteiger charge is 2.20. The van der Waals surface area contributed by atoms with Crippen LogP contribution in [0.15, 0.2) is 0 Å². The first kappa shape index (κ1) is 10.8. The van der Waals surface area contributed by atoms with Crippen LogP contribution in [0.5, 0.6) is 0 Å². The second-order valence-corrected chi connectivity index (χ2v) is 4.44. The summed E-state index contributed by atoms with van der Waals surface area (Å²) in [5.74, 6) is -0.478. The van der Waals surface area contributed by atoms with E-state index in [1.54, 1.807) is 13.8 Å². The lowest BCUT2D eigenvalue weighted by Gasteiger charge is -2.21. The van der Waals surface area contributed by atoms with Crippen molar-refractivity contribution >= 4 is 10.2 Å². The van der Waals surface area contributed by atoms with Crippen LogP contribution in [0.3, 0.4) is 0 Å². The van der Waals surface area contributed by atoms with E-state index in [2.05, 4.69) is 0 Å². The number of ether oxygens (including phenoxy) is 1. The zero-order chi connectivity index (χ0) is 9.12. The van der Waals surface area contributed by atoms with Crippen LogP contribution in [0.1, 0.15) is 20.3 Å². The molecule has 0 atom stereocenters. The minimum absolute atomic E-state index is 0.169. The van der Waals surface area contributed by atoms with Crippen molar-refractivity contribution in [3.63, 3.8) is 0 Å². The standard InChI is InChI=1S/C6H13FO3S/c1-6(2,10-3)4-5-11(7,8)9/h4-5H2,1-3H3. The summed E-state index contributed by atoms with van der Waals surface area (Å²) in [7, 11) is -2.88. The summed E-state index contributed by atoms with van der Waals surface area (Å²) in [6.07, 6.45) is 0.169. The van der Waals surface area contributed by atoms with Gasteiger partial charge in [-0.1, -0.05) is 0 Å². The summed E-state index contributed by atoms with van der Waals surface area (Å²) >= 11 is 0. The molecule has 3 nitrogen and oxygen atoms in total. The number of hydrogen-bond acceptors (Lipinski definition) is 3. The number of halogens is 1. The molecule has 11 heavy (non-hydrogen) atoms. The average Bonchev–Trinajstić information content (AvgIpc) is 1.83. The Morgan fingerprint density at radius 2 is 1.91 bits per heavy atom. The molecule has 0 bridgehead atoms. The molecule has 0 aromatic rings. The molecule has 0 unspecified atom stereocenters. The van der Waals surface area contributed by atoms with Gasteiger partial charge in [0.2, 0.25) is 0 Å². The van der Waals surface area contributed by atoms with Crippen LogP contribution >= 0.6 is 0 Å². The Morgan fingerprint density at radius 1 is 1.45 bits per heavy atom. The third-order valence-corrected chi connectivity index (χ3v) is 2.19. The largest absolute Gasteiger partial charge is 0.379 e. The molecule has 5 heteroatoms. The maximum Gasteiger partial charge on any atom is 0.302 e. The minimum atomic E-state index is -4.35. The predicted octanol–water partition coefficient (Wildman–Crippen LogP) is 1.10. The van der Waals surface area contributed by atoms with Gasteiger partial charge < -0.3 is 4.74 Å². The first-order chi connectivity index (χ1) is 4.77. The van der Waals surface area contributed by atoms with Gasteiger partial charge in [0.15, 0.2) is 0 Å². The first-order valence-electron chi connectivity index (χ1n) is 3.24. The fourth-order valence-electron chi connectivity index (χ4n) is 0.470. The maximum absolute atomic E-state index is 12.0. The molecule has 0 radical (unpaired) electrons. The van der Waals surface area contributed by atoms with Gasteiger partial charge in [-0.25, -0.2) is 0 Å². The van der Waals surface area contributed by atoms with Gasteiger partial charge in [-0.05, 0) is 20.3 Å². The fraction of sp³-hybridized carbons (Fsp3) is 1.00. The highest BCUT2D eigenvalue weighted by Crippen LogP contribution is 2.14. The predicted molar refractivity (Wildman–Crippen MR) is 40.6 cm³/mol. The number of methoxy groups -OCH3 is 1. The molecule has 0 fully saturated rings. The molecule has 0 aromatic carbocycles. The van der Waals surface area contributed by atoms with Gasteiger partial charge in [0, 0.05) is 7.11 Å². The Hall–Kier alpha value is -0.160. The highest BCUT2D eigenvalue weighted by atomic mass is 32.3. The lowest BCUT2D eigenvalue weighted by atomic mass is 10.1. The van der Waals surface area contributed by atoms with E-state index in [0.717, 1.165) is 0 Å². The van der Waals surface area contributed by atoms with Crippen molar-refractivity contribution in [1.29, 1.82) is 0 Å².